The summed E-state index contributed by atoms with van der Waals surface area (Å²) in [4.78, 5) is 4.72. The van der Waals surface area contributed by atoms with Crippen LogP contribution in [0.4, 0.5) is 0 Å². The fraction of sp³-hybridized carbons (Fsp3) is 0.900. The molecule has 1 radical (unpaired) electrons. The molecule has 0 spiro atoms. The van der Waals surface area contributed by atoms with Crippen LogP contribution in [0.15, 0.2) is 0 Å². The van der Waals surface area contributed by atoms with Gasteiger partial charge in [-0.2, -0.15) is 0 Å². The Hall–Kier alpha value is -0.0800. The molecule has 0 aliphatic heterocycles. The first kappa shape index (κ1) is 10.0. The average Bonchev–Trinajstić information content (AvgIpc) is 2.05. The van der Waals surface area contributed by atoms with Crippen LogP contribution in [0.1, 0.15) is 25.7 Å². The quantitative estimate of drug-likeness (QED) is 0.579. The van der Waals surface area contributed by atoms with E-state index in [0.717, 1.165) is 0 Å². The van der Waals surface area contributed by atoms with Gasteiger partial charge in [0.15, 0.2) is 0 Å². The van der Waals surface area contributed by atoms with Gasteiger partial charge in [0, 0.05) is 0 Å². The van der Waals surface area contributed by atoms with Crippen LogP contribution in [0, 0.1) is 6.42 Å². The summed E-state index contributed by atoms with van der Waals surface area (Å²) in [5.41, 5.74) is 0.314. The summed E-state index contributed by atoms with van der Waals surface area (Å²) in [6.45, 7) is 0. The van der Waals surface area contributed by atoms with Crippen molar-refractivity contribution in [3.05, 3.63) is 6.42 Å². The zero-order chi connectivity index (χ0) is 9.19. The van der Waals surface area contributed by atoms with Gasteiger partial charge in [-0.3, -0.25) is 9.80 Å². The molecule has 0 N–H and O–H groups in total. The molecular formula is C10H21N2. The van der Waals surface area contributed by atoms with E-state index >= 15 is 0 Å². The Morgan fingerprint density at radius 3 is 1.58 bits per heavy atom. The third-order valence-corrected chi connectivity index (χ3v) is 3.16. The molecule has 1 aliphatic carbocycles. The van der Waals surface area contributed by atoms with Gasteiger partial charge in [0.25, 0.3) is 0 Å². The maximum Gasteiger partial charge on any atom is 0.0727 e. The highest BCUT2D eigenvalue weighted by Crippen LogP contribution is 2.32. The summed E-state index contributed by atoms with van der Waals surface area (Å²) in [7, 11) is 8.74. The fourth-order valence-corrected chi connectivity index (χ4v) is 2.23. The van der Waals surface area contributed by atoms with Gasteiger partial charge < -0.3 is 0 Å². The molecule has 0 aromatic heterocycles. The van der Waals surface area contributed by atoms with Gasteiger partial charge in [0.05, 0.1) is 5.66 Å². The first-order valence-corrected chi connectivity index (χ1v) is 4.76. The molecule has 12 heavy (non-hydrogen) atoms. The van der Waals surface area contributed by atoms with Gasteiger partial charge in [-0.05, 0) is 60.3 Å². The summed E-state index contributed by atoms with van der Waals surface area (Å²) in [5.74, 6) is 0. The van der Waals surface area contributed by atoms with Crippen molar-refractivity contribution in [1.29, 1.82) is 0 Å². The van der Waals surface area contributed by atoms with Crippen LogP contribution in [0.5, 0.6) is 0 Å². The smallest absolute Gasteiger partial charge is 0.0727 e. The van der Waals surface area contributed by atoms with Gasteiger partial charge >= 0.3 is 0 Å². The summed E-state index contributed by atoms with van der Waals surface area (Å²) < 4.78 is 0. The SMILES string of the molecule is CN(C)C1(N(C)C)CC[CH]CC1. The lowest BCUT2D eigenvalue weighted by atomic mass is 9.87. The van der Waals surface area contributed by atoms with Crippen LogP contribution in [-0.2, 0) is 0 Å². The Balaban J connectivity index is 2.70. The molecule has 0 amide bonds. The minimum atomic E-state index is 0.314. The first-order valence-electron chi connectivity index (χ1n) is 4.76. The Morgan fingerprint density at radius 2 is 1.33 bits per heavy atom. The molecule has 0 heterocycles. The maximum atomic E-state index is 2.41. The van der Waals surface area contributed by atoms with Crippen molar-refractivity contribution in [2.45, 2.75) is 31.3 Å². The lowest BCUT2D eigenvalue weighted by Crippen LogP contribution is -2.56. The molecule has 0 bridgehead atoms. The van der Waals surface area contributed by atoms with Gasteiger partial charge in [-0.1, -0.05) is 0 Å². The molecule has 0 atom stereocenters. The van der Waals surface area contributed by atoms with Crippen LogP contribution in [0.2, 0.25) is 0 Å². The van der Waals surface area contributed by atoms with Crippen LogP contribution in [0.25, 0.3) is 0 Å². The number of nitrogens with zero attached hydrogens (tertiary/aromatic N) is 2. The lowest BCUT2D eigenvalue weighted by Gasteiger charge is -2.47. The summed E-state index contributed by atoms with van der Waals surface area (Å²) in [5, 5.41) is 0. The largest absolute Gasteiger partial charge is 0.291 e. The monoisotopic (exact) mass is 169 g/mol. The van der Waals surface area contributed by atoms with Crippen molar-refractivity contribution in [3.8, 4) is 0 Å². The molecule has 1 saturated carbocycles. The Morgan fingerprint density at radius 1 is 0.917 bits per heavy atom. The molecule has 0 unspecified atom stereocenters. The molecule has 2 heteroatoms. The zero-order valence-corrected chi connectivity index (χ0v) is 8.80. The van der Waals surface area contributed by atoms with Crippen molar-refractivity contribution < 1.29 is 0 Å². The van der Waals surface area contributed by atoms with Crippen molar-refractivity contribution in [2.24, 2.45) is 0 Å². The Bertz CT molecular complexity index is 125. The number of hydrogen-bond acceptors (Lipinski definition) is 2. The van der Waals surface area contributed by atoms with Crippen LogP contribution in [0.3, 0.4) is 0 Å². The molecule has 1 aliphatic rings. The summed E-state index contributed by atoms with van der Waals surface area (Å²) in [6.07, 6.45) is 7.47. The predicted molar refractivity (Wildman–Crippen MR) is 52.9 cm³/mol. The molecule has 1 rings (SSSR count). The third kappa shape index (κ3) is 1.64. The first-order chi connectivity index (χ1) is 5.59. The van der Waals surface area contributed by atoms with Gasteiger partial charge in [-0.15, -0.1) is 0 Å². The van der Waals surface area contributed by atoms with E-state index in [-0.39, 0.29) is 0 Å². The van der Waals surface area contributed by atoms with Crippen molar-refractivity contribution in [3.63, 3.8) is 0 Å². The maximum absolute atomic E-state index is 2.41. The van der Waals surface area contributed by atoms with E-state index < -0.39 is 0 Å². The molecule has 0 saturated heterocycles. The zero-order valence-electron chi connectivity index (χ0n) is 8.80. The fourth-order valence-electron chi connectivity index (χ4n) is 2.23. The van der Waals surface area contributed by atoms with Gasteiger partial charge in [-0.25, -0.2) is 0 Å². The lowest BCUT2D eigenvalue weighted by molar-refractivity contribution is -0.0206. The predicted octanol–water partition coefficient (Wildman–Crippen LogP) is 1.58. The normalized spacial score (nSPS) is 23.5. The van der Waals surface area contributed by atoms with Gasteiger partial charge in [0.1, 0.15) is 0 Å². The Kier molecular flexibility index (Phi) is 3.13. The van der Waals surface area contributed by atoms with E-state index in [1.54, 1.807) is 0 Å². The van der Waals surface area contributed by atoms with E-state index in [2.05, 4.69) is 44.4 Å². The van der Waals surface area contributed by atoms with Crippen LogP contribution >= 0.6 is 0 Å². The van der Waals surface area contributed by atoms with E-state index in [1.807, 2.05) is 0 Å². The van der Waals surface area contributed by atoms with Gasteiger partial charge in [0.2, 0.25) is 0 Å². The van der Waals surface area contributed by atoms with Crippen LogP contribution < -0.4 is 0 Å². The molecule has 2 nitrogen and oxygen atoms in total. The van der Waals surface area contributed by atoms with E-state index in [4.69, 9.17) is 0 Å². The van der Waals surface area contributed by atoms with Crippen molar-refractivity contribution in [1.82, 2.24) is 9.80 Å². The standard InChI is InChI=1S/C10H21N2/c1-11(2)10(12(3)4)8-6-5-7-9-10/h5H,6-9H2,1-4H3. The van der Waals surface area contributed by atoms with Crippen LogP contribution in [-0.4, -0.2) is 43.7 Å². The van der Waals surface area contributed by atoms with E-state index in [1.165, 1.54) is 25.7 Å². The minimum absolute atomic E-state index is 0.314. The number of rotatable bonds is 2. The second kappa shape index (κ2) is 3.75. The molecule has 71 valence electrons. The van der Waals surface area contributed by atoms with E-state index in [0.29, 0.717) is 5.66 Å². The highest BCUT2D eigenvalue weighted by molar-refractivity contribution is 4.92. The number of hydrogen-bond donors (Lipinski definition) is 0. The average molecular weight is 169 g/mol. The second-order valence-corrected chi connectivity index (χ2v) is 4.14. The summed E-state index contributed by atoms with van der Waals surface area (Å²) >= 11 is 0. The highest BCUT2D eigenvalue weighted by Gasteiger charge is 2.35. The highest BCUT2D eigenvalue weighted by atomic mass is 15.4. The molecule has 0 aromatic rings. The minimum Gasteiger partial charge on any atom is -0.291 e. The summed E-state index contributed by atoms with van der Waals surface area (Å²) in [6, 6.07) is 0. The molecule has 1 fully saturated rings. The second-order valence-electron chi connectivity index (χ2n) is 4.14. The van der Waals surface area contributed by atoms with Crippen molar-refractivity contribution >= 4 is 0 Å². The topological polar surface area (TPSA) is 6.48 Å². The third-order valence-electron chi connectivity index (χ3n) is 3.16. The molecule has 0 aromatic carbocycles. The van der Waals surface area contributed by atoms with E-state index in [9.17, 15) is 0 Å². The van der Waals surface area contributed by atoms with Crippen molar-refractivity contribution in [2.75, 3.05) is 28.2 Å². The molecular weight excluding hydrogens is 148 g/mol. The Labute approximate surface area is 76.5 Å².